The minimum Gasteiger partial charge on any atom is -0.363 e. The van der Waals surface area contributed by atoms with E-state index in [-0.39, 0.29) is 17.9 Å². The highest BCUT2D eigenvalue weighted by molar-refractivity contribution is 9.10. The van der Waals surface area contributed by atoms with E-state index in [1.807, 2.05) is 0 Å². The van der Waals surface area contributed by atoms with E-state index in [2.05, 4.69) is 26.2 Å². The minimum atomic E-state index is -0.337. The number of nitrogens with one attached hydrogen (secondary N) is 1. The van der Waals surface area contributed by atoms with Crippen molar-refractivity contribution >= 4 is 21.7 Å². The predicted molar refractivity (Wildman–Crippen MR) is 70.4 cm³/mol. The van der Waals surface area contributed by atoms with Crippen molar-refractivity contribution in [3.8, 4) is 0 Å². The molecule has 2 rings (SSSR count). The molecule has 3 nitrogen and oxygen atoms in total. The number of hydrogen-bond donors (Lipinski definition) is 2. The standard InChI is InChI=1S/C12H17BrFN3/c13-8-6-9(14)12(16-7-8)17-11-5-3-1-2-4-10(11)15/h6-7,10-11H,1-5,15H2,(H,16,17). The molecule has 0 aromatic carbocycles. The van der Waals surface area contributed by atoms with Crippen LogP contribution in [0.5, 0.6) is 0 Å². The van der Waals surface area contributed by atoms with E-state index in [1.54, 1.807) is 6.20 Å². The second-order valence-electron chi connectivity index (χ2n) is 4.54. The summed E-state index contributed by atoms with van der Waals surface area (Å²) in [4.78, 5) is 4.05. The number of rotatable bonds is 2. The fraction of sp³-hybridized carbons (Fsp3) is 0.583. The van der Waals surface area contributed by atoms with Gasteiger partial charge in [-0.3, -0.25) is 0 Å². The third-order valence-corrected chi connectivity index (χ3v) is 3.63. The summed E-state index contributed by atoms with van der Waals surface area (Å²) >= 11 is 3.19. The largest absolute Gasteiger partial charge is 0.363 e. The maximum absolute atomic E-state index is 13.6. The van der Waals surface area contributed by atoms with E-state index in [4.69, 9.17) is 5.73 Å². The molecule has 1 heterocycles. The number of nitrogens with two attached hydrogens (primary N) is 1. The van der Waals surface area contributed by atoms with E-state index >= 15 is 0 Å². The van der Waals surface area contributed by atoms with Gasteiger partial charge in [-0.05, 0) is 34.8 Å². The van der Waals surface area contributed by atoms with Crippen LogP contribution < -0.4 is 11.1 Å². The van der Waals surface area contributed by atoms with Crippen LogP contribution >= 0.6 is 15.9 Å². The van der Waals surface area contributed by atoms with Gasteiger partial charge in [0.05, 0.1) is 0 Å². The molecule has 3 N–H and O–H groups in total. The van der Waals surface area contributed by atoms with E-state index in [9.17, 15) is 4.39 Å². The summed E-state index contributed by atoms with van der Waals surface area (Å²) in [5.74, 6) is -0.0358. The Kier molecular flexibility index (Phi) is 4.34. The third kappa shape index (κ3) is 3.39. The zero-order valence-corrected chi connectivity index (χ0v) is 11.2. The molecule has 1 aliphatic carbocycles. The SMILES string of the molecule is NC1CCCCCC1Nc1ncc(Br)cc1F. The van der Waals surface area contributed by atoms with Crippen LogP contribution in [-0.2, 0) is 0 Å². The molecule has 0 saturated heterocycles. The molecule has 0 radical (unpaired) electrons. The molecule has 2 unspecified atom stereocenters. The fourth-order valence-electron chi connectivity index (χ4n) is 2.21. The van der Waals surface area contributed by atoms with Crippen LogP contribution in [0.4, 0.5) is 10.2 Å². The van der Waals surface area contributed by atoms with Crippen molar-refractivity contribution in [2.45, 2.75) is 44.2 Å². The lowest BCUT2D eigenvalue weighted by Crippen LogP contribution is -2.39. The topological polar surface area (TPSA) is 50.9 Å². The maximum Gasteiger partial charge on any atom is 0.166 e. The molecule has 17 heavy (non-hydrogen) atoms. The molecule has 94 valence electrons. The summed E-state index contributed by atoms with van der Waals surface area (Å²) < 4.78 is 14.3. The Bertz CT molecular complexity index is 386. The van der Waals surface area contributed by atoms with Crippen LogP contribution in [0.15, 0.2) is 16.7 Å². The lowest BCUT2D eigenvalue weighted by Gasteiger charge is -2.23. The fourth-order valence-corrected chi connectivity index (χ4v) is 2.52. The minimum absolute atomic E-state index is 0.0855. The van der Waals surface area contributed by atoms with Crippen molar-refractivity contribution in [3.05, 3.63) is 22.6 Å². The van der Waals surface area contributed by atoms with Gasteiger partial charge in [0.25, 0.3) is 0 Å². The molecule has 0 aliphatic heterocycles. The second kappa shape index (κ2) is 5.78. The van der Waals surface area contributed by atoms with Crippen LogP contribution in [0.1, 0.15) is 32.1 Å². The summed E-state index contributed by atoms with van der Waals surface area (Å²) in [5, 5.41) is 3.13. The Balaban J connectivity index is 2.08. The van der Waals surface area contributed by atoms with Crippen molar-refractivity contribution < 1.29 is 4.39 Å². The van der Waals surface area contributed by atoms with Crippen LogP contribution in [0.3, 0.4) is 0 Å². The normalized spacial score (nSPS) is 25.4. The number of pyridine rings is 1. The van der Waals surface area contributed by atoms with Gasteiger partial charge in [0.2, 0.25) is 0 Å². The Hall–Kier alpha value is -0.680. The van der Waals surface area contributed by atoms with Gasteiger partial charge in [-0.15, -0.1) is 0 Å². The molecule has 5 heteroatoms. The molecule has 1 saturated carbocycles. The third-order valence-electron chi connectivity index (χ3n) is 3.20. The molecule has 0 bridgehead atoms. The summed E-state index contributed by atoms with van der Waals surface area (Å²) in [6, 6.07) is 1.63. The molecule has 1 aromatic heterocycles. The molecule has 0 amide bonds. The highest BCUT2D eigenvalue weighted by atomic mass is 79.9. The van der Waals surface area contributed by atoms with Crippen molar-refractivity contribution in [3.63, 3.8) is 0 Å². The molecule has 1 aliphatic rings. The van der Waals surface area contributed by atoms with E-state index in [0.29, 0.717) is 10.3 Å². The lowest BCUT2D eigenvalue weighted by molar-refractivity contribution is 0.521. The van der Waals surface area contributed by atoms with Crippen LogP contribution in [0.2, 0.25) is 0 Å². The lowest BCUT2D eigenvalue weighted by atomic mass is 10.0. The molecule has 1 aromatic rings. The Morgan fingerprint density at radius 3 is 2.88 bits per heavy atom. The quantitative estimate of drug-likeness (QED) is 0.826. The van der Waals surface area contributed by atoms with Crippen molar-refractivity contribution in [2.24, 2.45) is 5.73 Å². The number of halogens is 2. The zero-order valence-electron chi connectivity index (χ0n) is 9.63. The summed E-state index contributed by atoms with van der Waals surface area (Å²) in [7, 11) is 0. The molecule has 0 spiro atoms. The van der Waals surface area contributed by atoms with E-state index in [1.165, 1.54) is 12.5 Å². The summed E-state index contributed by atoms with van der Waals surface area (Å²) in [5.41, 5.74) is 6.08. The van der Waals surface area contributed by atoms with Gasteiger partial charge in [-0.1, -0.05) is 19.3 Å². The number of aromatic nitrogens is 1. The average molecular weight is 302 g/mol. The molecular weight excluding hydrogens is 285 g/mol. The van der Waals surface area contributed by atoms with Crippen molar-refractivity contribution in [2.75, 3.05) is 5.32 Å². The van der Waals surface area contributed by atoms with Gasteiger partial charge >= 0.3 is 0 Å². The van der Waals surface area contributed by atoms with Gasteiger partial charge in [-0.25, -0.2) is 9.37 Å². The Morgan fingerprint density at radius 1 is 1.35 bits per heavy atom. The molecule has 1 fully saturated rings. The first-order chi connectivity index (χ1) is 8.16. The predicted octanol–water partition coefficient (Wildman–Crippen LogP) is 3.06. The average Bonchev–Trinajstić information content (AvgIpc) is 2.48. The van der Waals surface area contributed by atoms with Crippen LogP contribution in [0.25, 0.3) is 0 Å². The van der Waals surface area contributed by atoms with Crippen LogP contribution in [-0.4, -0.2) is 17.1 Å². The van der Waals surface area contributed by atoms with Crippen molar-refractivity contribution in [1.82, 2.24) is 4.98 Å². The Morgan fingerprint density at radius 2 is 2.12 bits per heavy atom. The first kappa shape index (κ1) is 12.8. The molecular formula is C12H17BrFN3. The van der Waals surface area contributed by atoms with Gasteiger partial charge in [-0.2, -0.15) is 0 Å². The number of nitrogens with zero attached hydrogens (tertiary/aromatic N) is 1. The van der Waals surface area contributed by atoms with Gasteiger partial charge in [0.1, 0.15) is 0 Å². The van der Waals surface area contributed by atoms with Crippen LogP contribution in [0, 0.1) is 5.82 Å². The Labute approximate surface area is 109 Å². The second-order valence-corrected chi connectivity index (χ2v) is 5.45. The summed E-state index contributed by atoms with van der Waals surface area (Å²) in [6.07, 6.45) is 7.09. The zero-order chi connectivity index (χ0) is 12.3. The smallest absolute Gasteiger partial charge is 0.166 e. The van der Waals surface area contributed by atoms with Gasteiger partial charge in [0, 0.05) is 22.8 Å². The first-order valence-electron chi connectivity index (χ1n) is 6.00. The van der Waals surface area contributed by atoms with E-state index in [0.717, 1.165) is 25.7 Å². The highest BCUT2D eigenvalue weighted by Crippen LogP contribution is 2.22. The van der Waals surface area contributed by atoms with Gasteiger partial charge < -0.3 is 11.1 Å². The summed E-state index contributed by atoms with van der Waals surface area (Å²) in [6.45, 7) is 0. The maximum atomic E-state index is 13.6. The number of hydrogen-bond acceptors (Lipinski definition) is 3. The molecule has 2 atom stereocenters. The first-order valence-corrected chi connectivity index (χ1v) is 6.79. The monoisotopic (exact) mass is 301 g/mol. The van der Waals surface area contributed by atoms with E-state index < -0.39 is 0 Å². The number of anilines is 1. The highest BCUT2D eigenvalue weighted by Gasteiger charge is 2.21. The van der Waals surface area contributed by atoms with Gasteiger partial charge in [0.15, 0.2) is 11.6 Å². The van der Waals surface area contributed by atoms with Crippen molar-refractivity contribution in [1.29, 1.82) is 0 Å².